The largest absolute Gasteiger partial charge is 0.382 e. The van der Waals surface area contributed by atoms with Crippen LogP contribution in [0.15, 0.2) is 42.5 Å². The first-order chi connectivity index (χ1) is 12.0. The van der Waals surface area contributed by atoms with E-state index in [9.17, 15) is 9.18 Å². The quantitative estimate of drug-likeness (QED) is 0.724. The Morgan fingerprint density at radius 2 is 1.96 bits per heavy atom. The van der Waals surface area contributed by atoms with Gasteiger partial charge in [-0.25, -0.2) is 9.07 Å². The van der Waals surface area contributed by atoms with Crippen LogP contribution in [0.1, 0.15) is 16.1 Å². The van der Waals surface area contributed by atoms with E-state index >= 15 is 0 Å². The Labute approximate surface area is 152 Å². The Morgan fingerprint density at radius 3 is 2.68 bits per heavy atom. The molecule has 0 fully saturated rings. The molecule has 0 saturated carbocycles. The van der Waals surface area contributed by atoms with Crippen molar-refractivity contribution in [3.63, 3.8) is 0 Å². The van der Waals surface area contributed by atoms with Crippen molar-refractivity contribution in [1.29, 1.82) is 0 Å². The van der Waals surface area contributed by atoms with Crippen molar-refractivity contribution in [3.05, 3.63) is 69.6 Å². The molecule has 1 amide bonds. The molecule has 3 rings (SSSR count). The molecule has 0 aliphatic rings. The lowest BCUT2D eigenvalue weighted by molar-refractivity contribution is 0.102. The number of benzene rings is 2. The SMILES string of the molecule is Nc1c(C(=O)Nc2ccccc2Cl)nnn1Cc1ccc(F)cc1Cl. The van der Waals surface area contributed by atoms with Crippen LogP contribution in [-0.2, 0) is 6.54 Å². The van der Waals surface area contributed by atoms with Gasteiger partial charge >= 0.3 is 0 Å². The van der Waals surface area contributed by atoms with Crippen molar-refractivity contribution in [1.82, 2.24) is 15.0 Å². The summed E-state index contributed by atoms with van der Waals surface area (Å²) >= 11 is 12.0. The molecule has 0 spiro atoms. The number of nitrogens with zero attached hydrogens (tertiary/aromatic N) is 3. The van der Waals surface area contributed by atoms with Gasteiger partial charge in [0.2, 0.25) is 0 Å². The van der Waals surface area contributed by atoms with Crippen LogP contribution in [0.2, 0.25) is 10.0 Å². The highest BCUT2D eigenvalue weighted by molar-refractivity contribution is 6.34. The van der Waals surface area contributed by atoms with Crippen LogP contribution in [0, 0.1) is 5.82 Å². The summed E-state index contributed by atoms with van der Waals surface area (Å²) in [6, 6.07) is 10.8. The molecule has 0 unspecified atom stereocenters. The molecule has 0 radical (unpaired) electrons. The molecular formula is C16H12Cl2FN5O. The zero-order valence-electron chi connectivity index (χ0n) is 12.7. The number of amides is 1. The summed E-state index contributed by atoms with van der Waals surface area (Å²) < 4.78 is 14.4. The summed E-state index contributed by atoms with van der Waals surface area (Å²) in [6.45, 7) is 0.150. The molecule has 2 aromatic carbocycles. The highest BCUT2D eigenvalue weighted by Gasteiger charge is 2.19. The van der Waals surface area contributed by atoms with Crippen molar-refractivity contribution >= 4 is 40.6 Å². The number of nitrogens with two attached hydrogens (primary N) is 1. The van der Waals surface area contributed by atoms with E-state index < -0.39 is 11.7 Å². The van der Waals surface area contributed by atoms with Crippen LogP contribution in [0.25, 0.3) is 0 Å². The topological polar surface area (TPSA) is 85.8 Å². The van der Waals surface area contributed by atoms with Gasteiger partial charge in [0.05, 0.1) is 17.3 Å². The zero-order valence-corrected chi connectivity index (χ0v) is 14.2. The average molecular weight is 380 g/mol. The first kappa shape index (κ1) is 17.2. The van der Waals surface area contributed by atoms with Crippen molar-refractivity contribution in [2.45, 2.75) is 6.54 Å². The number of nitrogen functional groups attached to an aromatic ring is 1. The molecule has 1 aromatic heterocycles. The lowest BCUT2D eigenvalue weighted by atomic mass is 10.2. The van der Waals surface area contributed by atoms with Gasteiger partial charge in [-0.15, -0.1) is 5.10 Å². The minimum atomic E-state index is -0.540. The van der Waals surface area contributed by atoms with Crippen molar-refractivity contribution in [2.75, 3.05) is 11.1 Å². The average Bonchev–Trinajstić information content (AvgIpc) is 2.93. The number of para-hydroxylation sites is 1. The fraction of sp³-hybridized carbons (Fsp3) is 0.0625. The normalized spacial score (nSPS) is 10.7. The summed E-state index contributed by atoms with van der Waals surface area (Å²) in [4.78, 5) is 12.3. The molecule has 3 aromatic rings. The molecule has 0 bridgehead atoms. The van der Waals surface area contributed by atoms with Gasteiger partial charge in [-0.1, -0.05) is 46.6 Å². The molecular weight excluding hydrogens is 368 g/mol. The molecule has 0 aliphatic carbocycles. The number of anilines is 2. The Hall–Kier alpha value is -2.64. The Morgan fingerprint density at radius 1 is 1.20 bits per heavy atom. The lowest BCUT2D eigenvalue weighted by Crippen LogP contribution is -2.15. The van der Waals surface area contributed by atoms with Crippen LogP contribution in [0.4, 0.5) is 15.9 Å². The second-order valence-electron chi connectivity index (χ2n) is 5.15. The van der Waals surface area contributed by atoms with Crippen LogP contribution in [0.5, 0.6) is 0 Å². The number of hydrogen-bond donors (Lipinski definition) is 2. The van der Waals surface area contributed by atoms with E-state index in [1.165, 1.54) is 22.9 Å². The lowest BCUT2D eigenvalue weighted by Gasteiger charge is -2.07. The number of carbonyl (C=O) groups excluding carboxylic acids is 1. The summed E-state index contributed by atoms with van der Waals surface area (Å²) in [7, 11) is 0. The second kappa shape index (κ2) is 7.08. The first-order valence-electron chi connectivity index (χ1n) is 7.14. The zero-order chi connectivity index (χ0) is 18.0. The Bertz CT molecular complexity index is 944. The molecule has 1 heterocycles. The smallest absolute Gasteiger partial charge is 0.280 e. The van der Waals surface area contributed by atoms with E-state index in [4.69, 9.17) is 28.9 Å². The van der Waals surface area contributed by atoms with Gasteiger partial charge in [0.25, 0.3) is 5.91 Å². The Kier molecular flexibility index (Phi) is 4.87. The Balaban J connectivity index is 1.81. The predicted molar refractivity (Wildman–Crippen MR) is 94.4 cm³/mol. The molecule has 128 valence electrons. The van der Waals surface area contributed by atoms with Gasteiger partial charge in [0.15, 0.2) is 11.5 Å². The number of nitrogens with one attached hydrogen (secondary N) is 1. The van der Waals surface area contributed by atoms with Crippen LogP contribution < -0.4 is 11.1 Å². The summed E-state index contributed by atoms with van der Waals surface area (Å²) in [6.07, 6.45) is 0. The van der Waals surface area contributed by atoms with E-state index in [0.29, 0.717) is 16.3 Å². The maximum absolute atomic E-state index is 13.1. The van der Waals surface area contributed by atoms with Crippen molar-refractivity contribution < 1.29 is 9.18 Å². The number of hydrogen-bond acceptors (Lipinski definition) is 4. The monoisotopic (exact) mass is 379 g/mol. The maximum atomic E-state index is 13.1. The highest BCUT2D eigenvalue weighted by atomic mass is 35.5. The molecule has 3 N–H and O–H groups in total. The van der Waals surface area contributed by atoms with Gasteiger partial charge in [-0.3, -0.25) is 4.79 Å². The summed E-state index contributed by atoms with van der Waals surface area (Å²) in [5, 5.41) is 10.9. The van der Waals surface area contributed by atoms with E-state index in [2.05, 4.69) is 15.6 Å². The van der Waals surface area contributed by atoms with Gasteiger partial charge in [-0.2, -0.15) is 0 Å². The van der Waals surface area contributed by atoms with Crippen LogP contribution in [0.3, 0.4) is 0 Å². The van der Waals surface area contributed by atoms with Gasteiger partial charge in [0.1, 0.15) is 5.82 Å². The van der Waals surface area contributed by atoms with E-state index in [1.54, 1.807) is 24.3 Å². The van der Waals surface area contributed by atoms with Gasteiger partial charge < -0.3 is 11.1 Å². The van der Waals surface area contributed by atoms with Crippen molar-refractivity contribution in [2.24, 2.45) is 0 Å². The molecule has 6 nitrogen and oxygen atoms in total. The molecule has 0 atom stereocenters. The molecule has 25 heavy (non-hydrogen) atoms. The third-order valence-corrected chi connectivity index (χ3v) is 4.13. The predicted octanol–water partition coefficient (Wildman–Crippen LogP) is 3.61. The third-order valence-electron chi connectivity index (χ3n) is 3.45. The summed E-state index contributed by atoms with van der Waals surface area (Å²) in [5.41, 5.74) is 6.94. The van der Waals surface area contributed by atoms with Gasteiger partial charge in [0, 0.05) is 5.02 Å². The van der Waals surface area contributed by atoms with E-state index in [1.807, 2.05) is 0 Å². The summed E-state index contributed by atoms with van der Waals surface area (Å²) in [5.74, 6) is -0.924. The number of aromatic nitrogens is 3. The highest BCUT2D eigenvalue weighted by Crippen LogP contribution is 2.23. The maximum Gasteiger partial charge on any atom is 0.280 e. The van der Waals surface area contributed by atoms with E-state index in [0.717, 1.165) is 0 Å². The standard InChI is InChI=1S/C16H12Cl2FN5O/c17-11-3-1-2-4-13(11)21-16(25)14-15(20)24(23-22-14)8-9-5-6-10(19)7-12(9)18/h1-7H,8,20H2,(H,21,25). The first-order valence-corrected chi connectivity index (χ1v) is 7.90. The van der Waals surface area contributed by atoms with E-state index in [-0.39, 0.29) is 23.1 Å². The number of halogens is 3. The van der Waals surface area contributed by atoms with Crippen LogP contribution >= 0.6 is 23.2 Å². The number of rotatable bonds is 4. The molecule has 0 aliphatic heterocycles. The fourth-order valence-corrected chi connectivity index (χ4v) is 2.56. The fourth-order valence-electron chi connectivity index (χ4n) is 2.15. The minimum Gasteiger partial charge on any atom is -0.382 e. The third kappa shape index (κ3) is 3.72. The van der Waals surface area contributed by atoms with Crippen LogP contribution in [-0.4, -0.2) is 20.9 Å². The minimum absolute atomic E-state index is 0.0434. The second-order valence-corrected chi connectivity index (χ2v) is 5.97. The van der Waals surface area contributed by atoms with Crippen molar-refractivity contribution in [3.8, 4) is 0 Å². The van der Waals surface area contributed by atoms with Gasteiger partial charge in [-0.05, 0) is 29.8 Å². The molecule has 0 saturated heterocycles. The number of carbonyl (C=O) groups is 1. The molecule has 9 heteroatoms.